The molecule has 1 saturated carbocycles. The summed E-state index contributed by atoms with van der Waals surface area (Å²) in [5.74, 6) is 0.782. The van der Waals surface area contributed by atoms with Gasteiger partial charge in [-0.15, -0.1) is 0 Å². The Balaban J connectivity index is 2.00. The molecule has 98 valence electrons. The van der Waals surface area contributed by atoms with Gasteiger partial charge in [-0.2, -0.15) is 0 Å². The van der Waals surface area contributed by atoms with Gasteiger partial charge in [0.25, 0.3) is 0 Å². The molecule has 1 fully saturated rings. The molecule has 0 unspecified atom stereocenters. The highest BCUT2D eigenvalue weighted by Crippen LogP contribution is 2.48. The van der Waals surface area contributed by atoms with Crippen molar-refractivity contribution in [3.63, 3.8) is 0 Å². The van der Waals surface area contributed by atoms with Gasteiger partial charge in [-0.3, -0.25) is 0 Å². The highest BCUT2D eigenvalue weighted by molar-refractivity contribution is 5.62. The van der Waals surface area contributed by atoms with E-state index in [0.29, 0.717) is 5.41 Å². The lowest BCUT2D eigenvalue weighted by molar-refractivity contribution is 0.243. The number of hydrogen-bond acceptors (Lipinski definition) is 3. The summed E-state index contributed by atoms with van der Waals surface area (Å²) in [5.41, 5.74) is 4.19. The van der Waals surface area contributed by atoms with Crippen LogP contribution in [0.1, 0.15) is 44.7 Å². The molecule has 0 saturated heterocycles. The number of rotatable bonds is 0. The van der Waals surface area contributed by atoms with Crippen LogP contribution in [-0.4, -0.2) is 18.1 Å². The maximum atomic E-state index is 5.90. The Bertz CT molecular complexity index is 484. The van der Waals surface area contributed by atoms with E-state index in [2.05, 4.69) is 38.0 Å². The molecule has 0 aromatic carbocycles. The average molecular weight is 246 g/mol. The SMILES string of the molecule is Cc1c(C(C)(C)C)cnc2c1NCC1(CC1)CO2. The first-order chi connectivity index (χ1) is 8.41. The fraction of sp³-hybridized carbons (Fsp3) is 0.667. The van der Waals surface area contributed by atoms with Crippen molar-refractivity contribution in [2.24, 2.45) is 5.41 Å². The minimum absolute atomic E-state index is 0.122. The molecule has 1 spiro atoms. The Kier molecular flexibility index (Phi) is 2.38. The normalized spacial score (nSPS) is 20.7. The molecule has 3 nitrogen and oxygen atoms in total. The summed E-state index contributed by atoms with van der Waals surface area (Å²) >= 11 is 0. The van der Waals surface area contributed by atoms with Crippen molar-refractivity contribution < 1.29 is 4.74 Å². The lowest BCUT2D eigenvalue weighted by atomic mass is 9.85. The number of aromatic nitrogens is 1. The molecule has 0 bridgehead atoms. The molecule has 3 heteroatoms. The van der Waals surface area contributed by atoms with E-state index in [1.165, 1.54) is 24.0 Å². The highest BCUT2D eigenvalue weighted by atomic mass is 16.5. The van der Waals surface area contributed by atoms with Gasteiger partial charge >= 0.3 is 0 Å². The fourth-order valence-corrected chi connectivity index (χ4v) is 2.70. The lowest BCUT2D eigenvalue weighted by Crippen LogP contribution is -2.19. The molecule has 1 N–H and O–H groups in total. The Labute approximate surface area is 109 Å². The minimum Gasteiger partial charge on any atom is -0.476 e. The lowest BCUT2D eigenvalue weighted by Gasteiger charge is -2.23. The van der Waals surface area contributed by atoms with Crippen LogP contribution >= 0.6 is 0 Å². The first kappa shape index (κ1) is 11.8. The highest BCUT2D eigenvalue weighted by Gasteiger charge is 2.45. The number of nitrogens with one attached hydrogen (secondary N) is 1. The van der Waals surface area contributed by atoms with E-state index in [9.17, 15) is 0 Å². The fourth-order valence-electron chi connectivity index (χ4n) is 2.70. The van der Waals surface area contributed by atoms with Gasteiger partial charge in [0.2, 0.25) is 5.88 Å². The maximum absolute atomic E-state index is 5.90. The summed E-state index contributed by atoms with van der Waals surface area (Å²) < 4.78 is 5.90. The van der Waals surface area contributed by atoms with Crippen molar-refractivity contribution in [3.8, 4) is 5.88 Å². The van der Waals surface area contributed by atoms with Crippen molar-refractivity contribution in [2.45, 2.75) is 46.0 Å². The molecular weight excluding hydrogens is 224 g/mol. The third kappa shape index (κ3) is 1.86. The van der Waals surface area contributed by atoms with E-state index < -0.39 is 0 Å². The van der Waals surface area contributed by atoms with Crippen LogP contribution in [0.15, 0.2) is 6.20 Å². The minimum atomic E-state index is 0.122. The van der Waals surface area contributed by atoms with E-state index >= 15 is 0 Å². The molecule has 1 aromatic rings. The molecule has 0 radical (unpaired) electrons. The Morgan fingerprint density at radius 1 is 1.33 bits per heavy atom. The van der Waals surface area contributed by atoms with Crippen LogP contribution in [0.4, 0.5) is 5.69 Å². The zero-order chi connectivity index (χ0) is 13.0. The number of nitrogens with zero attached hydrogens (tertiary/aromatic N) is 1. The van der Waals surface area contributed by atoms with E-state index in [-0.39, 0.29) is 5.41 Å². The zero-order valence-corrected chi connectivity index (χ0v) is 11.8. The van der Waals surface area contributed by atoms with Gasteiger partial charge in [0.15, 0.2) is 0 Å². The summed E-state index contributed by atoms with van der Waals surface area (Å²) in [4.78, 5) is 4.52. The van der Waals surface area contributed by atoms with Crippen molar-refractivity contribution in [1.29, 1.82) is 0 Å². The predicted molar refractivity (Wildman–Crippen MR) is 73.3 cm³/mol. The first-order valence-electron chi connectivity index (χ1n) is 6.78. The third-order valence-corrected chi connectivity index (χ3v) is 4.22. The van der Waals surface area contributed by atoms with Gasteiger partial charge in [0.05, 0.1) is 6.61 Å². The molecule has 2 aliphatic rings. The van der Waals surface area contributed by atoms with Crippen molar-refractivity contribution in [3.05, 3.63) is 17.3 Å². The quantitative estimate of drug-likeness (QED) is 0.763. The maximum Gasteiger partial charge on any atom is 0.237 e. The van der Waals surface area contributed by atoms with Crippen LogP contribution in [0.25, 0.3) is 0 Å². The molecule has 1 aliphatic heterocycles. The Hall–Kier alpha value is -1.25. The Morgan fingerprint density at radius 2 is 2.06 bits per heavy atom. The second-order valence-electron chi connectivity index (χ2n) is 6.87. The van der Waals surface area contributed by atoms with E-state index in [0.717, 1.165) is 24.7 Å². The summed E-state index contributed by atoms with van der Waals surface area (Å²) in [6, 6.07) is 0. The number of anilines is 1. The number of pyridine rings is 1. The summed E-state index contributed by atoms with van der Waals surface area (Å²) in [7, 11) is 0. The smallest absolute Gasteiger partial charge is 0.237 e. The molecular formula is C15H22N2O. The second kappa shape index (κ2) is 3.62. The van der Waals surface area contributed by atoms with Gasteiger partial charge in [-0.1, -0.05) is 20.8 Å². The van der Waals surface area contributed by atoms with Crippen molar-refractivity contribution >= 4 is 5.69 Å². The van der Waals surface area contributed by atoms with Gasteiger partial charge in [0.1, 0.15) is 5.69 Å². The van der Waals surface area contributed by atoms with E-state index in [1.54, 1.807) is 0 Å². The largest absolute Gasteiger partial charge is 0.476 e. The van der Waals surface area contributed by atoms with Gasteiger partial charge < -0.3 is 10.1 Å². The second-order valence-corrected chi connectivity index (χ2v) is 6.87. The molecule has 3 rings (SSSR count). The van der Waals surface area contributed by atoms with E-state index in [1.807, 2.05) is 6.20 Å². The molecule has 0 amide bonds. The average Bonchev–Trinajstić information content (AvgIpc) is 3.06. The number of ether oxygens (including phenoxy) is 1. The van der Waals surface area contributed by atoms with Crippen molar-refractivity contribution in [2.75, 3.05) is 18.5 Å². The van der Waals surface area contributed by atoms with Crippen LogP contribution in [0.5, 0.6) is 5.88 Å². The topological polar surface area (TPSA) is 34.2 Å². The molecule has 1 aliphatic carbocycles. The molecule has 1 aromatic heterocycles. The van der Waals surface area contributed by atoms with Crippen LogP contribution in [0, 0.1) is 12.3 Å². The molecule has 0 atom stereocenters. The zero-order valence-electron chi connectivity index (χ0n) is 11.8. The van der Waals surface area contributed by atoms with Crippen LogP contribution in [0.2, 0.25) is 0 Å². The summed E-state index contributed by atoms with van der Waals surface area (Å²) in [5, 5.41) is 3.57. The van der Waals surface area contributed by atoms with Crippen LogP contribution in [0.3, 0.4) is 0 Å². The van der Waals surface area contributed by atoms with Gasteiger partial charge in [-0.25, -0.2) is 4.98 Å². The summed E-state index contributed by atoms with van der Waals surface area (Å²) in [6.45, 7) is 10.7. The summed E-state index contributed by atoms with van der Waals surface area (Å²) in [6.07, 6.45) is 4.53. The Morgan fingerprint density at radius 3 is 2.67 bits per heavy atom. The number of hydrogen-bond donors (Lipinski definition) is 1. The van der Waals surface area contributed by atoms with Gasteiger partial charge in [-0.05, 0) is 36.3 Å². The molecule has 18 heavy (non-hydrogen) atoms. The standard InChI is InChI=1S/C15H22N2O/c1-10-11(14(2,3)4)7-16-13-12(10)17-8-15(5-6-15)9-18-13/h7,17H,5-6,8-9H2,1-4H3. The van der Waals surface area contributed by atoms with Crippen LogP contribution < -0.4 is 10.1 Å². The predicted octanol–water partition coefficient (Wildman–Crippen LogP) is 3.27. The number of fused-ring (bicyclic) bond motifs is 1. The molecule has 2 heterocycles. The van der Waals surface area contributed by atoms with Gasteiger partial charge in [0, 0.05) is 18.2 Å². The first-order valence-corrected chi connectivity index (χ1v) is 6.78. The monoisotopic (exact) mass is 246 g/mol. The third-order valence-electron chi connectivity index (χ3n) is 4.22. The van der Waals surface area contributed by atoms with Crippen LogP contribution in [-0.2, 0) is 5.41 Å². The van der Waals surface area contributed by atoms with E-state index in [4.69, 9.17) is 4.74 Å². The van der Waals surface area contributed by atoms with Crippen molar-refractivity contribution in [1.82, 2.24) is 4.98 Å².